The lowest BCUT2D eigenvalue weighted by Crippen LogP contribution is -2.51. The Balaban J connectivity index is 3.13. The van der Waals surface area contributed by atoms with Crippen molar-refractivity contribution in [3.63, 3.8) is 0 Å². The number of carbonyl (C=O) groups is 2. The van der Waals surface area contributed by atoms with Gasteiger partial charge in [0.2, 0.25) is 5.91 Å². The molecule has 19 heavy (non-hydrogen) atoms. The summed E-state index contributed by atoms with van der Waals surface area (Å²) < 4.78 is 4.86. The molecule has 1 aromatic rings. The van der Waals surface area contributed by atoms with Crippen molar-refractivity contribution in [1.29, 1.82) is 0 Å². The number of hydrogen-bond acceptors (Lipinski definition) is 3. The van der Waals surface area contributed by atoms with Gasteiger partial charge in [-0.2, -0.15) is 0 Å². The van der Waals surface area contributed by atoms with Crippen LogP contribution >= 0.6 is 0 Å². The lowest BCUT2D eigenvalue weighted by Gasteiger charge is -2.36. The van der Waals surface area contributed by atoms with Crippen LogP contribution in [0.5, 0.6) is 0 Å². The van der Waals surface area contributed by atoms with Crippen LogP contribution in [0.3, 0.4) is 0 Å². The summed E-state index contributed by atoms with van der Waals surface area (Å²) >= 11 is 0. The molecule has 0 aliphatic rings. The van der Waals surface area contributed by atoms with Gasteiger partial charge in [0.1, 0.15) is 7.85 Å². The van der Waals surface area contributed by atoms with Gasteiger partial charge in [0.15, 0.2) is 0 Å². The molecule has 0 saturated heterocycles. The van der Waals surface area contributed by atoms with E-state index in [0.717, 1.165) is 0 Å². The second kappa shape index (κ2) is 6.45. The highest BCUT2D eigenvalue weighted by atomic mass is 16.5. The number of rotatable bonds is 5. The predicted molar refractivity (Wildman–Crippen MR) is 73.8 cm³/mol. The molecule has 1 rings (SSSR count). The van der Waals surface area contributed by atoms with E-state index in [9.17, 15) is 9.59 Å². The van der Waals surface area contributed by atoms with Gasteiger partial charge in [0, 0.05) is 18.2 Å². The smallest absolute Gasteiger partial charge is 0.301 e. The molecule has 6 heteroatoms. The molecular weight excluding hydrogens is 240 g/mol. The minimum Gasteiger partial charge on any atom is -0.466 e. The van der Waals surface area contributed by atoms with Crippen LogP contribution in [0.15, 0.2) is 30.3 Å². The molecule has 0 fully saturated rings. The zero-order valence-corrected chi connectivity index (χ0v) is 11.1. The molecular formula is C13H15B2NO3. The summed E-state index contributed by atoms with van der Waals surface area (Å²) in [5.74, 6) is -2.24. The zero-order valence-electron chi connectivity index (χ0n) is 11.1. The molecule has 0 aliphatic carbocycles. The second-order valence-corrected chi connectivity index (χ2v) is 4.15. The SMILES string of the molecule is [B]C(C(=O)OCC)C([B])(NC(C)=O)c1ccccc1. The molecule has 1 N–H and O–H groups in total. The Labute approximate surface area is 115 Å². The molecule has 96 valence electrons. The predicted octanol–water partition coefficient (Wildman–Crippen LogP) is 0.664. The fourth-order valence-corrected chi connectivity index (χ4v) is 1.75. The lowest BCUT2D eigenvalue weighted by molar-refractivity contribution is -0.144. The van der Waals surface area contributed by atoms with Crippen LogP contribution in [-0.2, 0) is 19.8 Å². The molecule has 4 nitrogen and oxygen atoms in total. The summed E-state index contributed by atoms with van der Waals surface area (Å²) in [4.78, 5) is 23.1. The lowest BCUT2D eigenvalue weighted by atomic mass is 9.57. The normalized spacial score (nSPS) is 15.1. The topological polar surface area (TPSA) is 55.4 Å². The van der Waals surface area contributed by atoms with Crippen LogP contribution in [0.25, 0.3) is 0 Å². The molecule has 0 heterocycles. The highest BCUT2D eigenvalue weighted by Gasteiger charge is 2.37. The first-order valence-electron chi connectivity index (χ1n) is 5.97. The number of benzene rings is 1. The van der Waals surface area contributed by atoms with Crippen LogP contribution in [0.1, 0.15) is 19.4 Å². The molecule has 1 amide bonds. The van der Waals surface area contributed by atoms with Gasteiger partial charge in [0.05, 0.1) is 14.5 Å². The summed E-state index contributed by atoms with van der Waals surface area (Å²) in [6.45, 7) is 3.17. The number of amides is 1. The zero-order chi connectivity index (χ0) is 14.5. The van der Waals surface area contributed by atoms with E-state index >= 15 is 0 Å². The average molecular weight is 255 g/mol. The average Bonchev–Trinajstić information content (AvgIpc) is 2.38. The number of esters is 1. The Morgan fingerprint density at radius 3 is 2.42 bits per heavy atom. The van der Waals surface area contributed by atoms with E-state index in [1.807, 2.05) is 0 Å². The Morgan fingerprint density at radius 2 is 1.95 bits per heavy atom. The van der Waals surface area contributed by atoms with Crippen molar-refractivity contribution >= 4 is 27.6 Å². The largest absolute Gasteiger partial charge is 0.466 e. The molecule has 0 bridgehead atoms. The second-order valence-electron chi connectivity index (χ2n) is 4.15. The Morgan fingerprint density at radius 1 is 1.37 bits per heavy atom. The number of ether oxygens (including phenoxy) is 1. The van der Waals surface area contributed by atoms with Gasteiger partial charge in [-0.3, -0.25) is 9.59 Å². The van der Waals surface area contributed by atoms with Gasteiger partial charge >= 0.3 is 5.97 Å². The van der Waals surface area contributed by atoms with E-state index in [-0.39, 0.29) is 12.5 Å². The van der Waals surface area contributed by atoms with Crippen LogP contribution in [0, 0.1) is 0 Å². The van der Waals surface area contributed by atoms with Crippen LogP contribution < -0.4 is 5.32 Å². The van der Waals surface area contributed by atoms with Gasteiger partial charge < -0.3 is 10.1 Å². The van der Waals surface area contributed by atoms with Crippen LogP contribution in [0.4, 0.5) is 0 Å². The number of hydrogen-bond donors (Lipinski definition) is 1. The molecule has 1 aromatic carbocycles. The van der Waals surface area contributed by atoms with Crippen LogP contribution in [0.2, 0.25) is 5.82 Å². The molecule has 0 aliphatic heterocycles. The van der Waals surface area contributed by atoms with Crippen LogP contribution in [-0.4, -0.2) is 34.2 Å². The summed E-state index contributed by atoms with van der Waals surface area (Å²) in [6, 6.07) is 8.67. The third kappa shape index (κ3) is 3.63. The van der Waals surface area contributed by atoms with Gasteiger partial charge in [-0.15, -0.1) is 0 Å². The van der Waals surface area contributed by atoms with Crippen molar-refractivity contribution in [3.05, 3.63) is 35.9 Å². The van der Waals surface area contributed by atoms with Crippen molar-refractivity contribution in [3.8, 4) is 0 Å². The summed E-state index contributed by atoms with van der Waals surface area (Å²) in [7, 11) is 12.0. The first kappa shape index (κ1) is 15.3. The highest BCUT2D eigenvalue weighted by molar-refractivity contribution is 6.32. The van der Waals surface area contributed by atoms with Crippen molar-refractivity contribution in [1.82, 2.24) is 5.32 Å². The monoisotopic (exact) mass is 255 g/mol. The Bertz CT molecular complexity index is 452. The molecule has 0 spiro atoms. The third-order valence-electron chi connectivity index (χ3n) is 2.67. The van der Waals surface area contributed by atoms with Crippen molar-refractivity contribution < 1.29 is 14.3 Å². The third-order valence-corrected chi connectivity index (χ3v) is 2.67. The van der Waals surface area contributed by atoms with E-state index in [1.165, 1.54) is 6.92 Å². The Hall–Kier alpha value is -1.71. The van der Waals surface area contributed by atoms with Gasteiger partial charge in [0.25, 0.3) is 0 Å². The first-order chi connectivity index (χ1) is 8.91. The van der Waals surface area contributed by atoms with Crippen molar-refractivity contribution in [2.24, 2.45) is 0 Å². The highest BCUT2D eigenvalue weighted by Crippen LogP contribution is 2.30. The minimum absolute atomic E-state index is 0.192. The van der Waals surface area contributed by atoms with Gasteiger partial charge in [-0.1, -0.05) is 30.3 Å². The van der Waals surface area contributed by atoms with Crippen molar-refractivity contribution in [2.45, 2.75) is 25.1 Å². The van der Waals surface area contributed by atoms with E-state index < -0.39 is 17.2 Å². The Kier molecular flexibility index (Phi) is 5.21. The number of carbonyl (C=O) groups excluding carboxylic acids is 2. The quantitative estimate of drug-likeness (QED) is 0.621. The maximum Gasteiger partial charge on any atom is 0.301 e. The maximum atomic E-state index is 11.8. The molecule has 0 saturated carbocycles. The van der Waals surface area contributed by atoms with Gasteiger partial charge in [-0.05, 0) is 12.5 Å². The summed E-state index contributed by atoms with van der Waals surface area (Å²) in [5, 5.41) is 2.52. The molecule has 2 atom stereocenters. The van der Waals surface area contributed by atoms with Crippen molar-refractivity contribution in [2.75, 3.05) is 6.61 Å². The van der Waals surface area contributed by atoms with E-state index in [0.29, 0.717) is 5.56 Å². The molecule has 4 radical (unpaired) electrons. The standard InChI is InChI=1S/C13H15B2NO3/c1-3-19-12(18)11(14)13(15,16-9(2)17)10-7-5-4-6-8-10/h4-8,11H,3H2,1-2H3,(H,16,17). The fraction of sp³-hybridized carbons (Fsp3) is 0.385. The molecule has 2 unspecified atom stereocenters. The summed E-state index contributed by atoms with van der Waals surface area (Å²) in [6.07, 6.45) is 0. The summed E-state index contributed by atoms with van der Waals surface area (Å²) in [5.41, 5.74) is -0.968. The first-order valence-corrected chi connectivity index (χ1v) is 5.97. The molecule has 0 aromatic heterocycles. The maximum absolute atomic E-state index is 11.8. The van der Waals surface area contributed by atoms with E-state index in [2.05, 4.69) is 5.32 Å². The van der Waals surface area contributed by atoms with E-state index in [1.54, 1.807) is 37.3 Å². The van der Waals surface area contributed by atoms with Gasteiger partial charge in [-0.25, -0.2) is 0 Å². The van der Waals surface area contributed by atoms with E-state index in [4.69, 9.17) is 20.4 Å². The fourth-order valence-electron chi connectivity index (χ4n) is 1.75. The minimum atomic E-state index is -1.50. The number of nitrogens with one attached hydrogen (secondary N) is 1.